The molecule has 8 heavy (non-hydrogen) atoms. The van der Waals surface area contributed by atoms with Gasteiger partial charge >= 0.3 is 80.8 Å². The molecule has 0 saturated heterocycles. The molecule has 0 heterocycles. The summed E-state index contributed by atoms with van der Waals surface area (Å²) in [5, 5.41) is 15.4. The number of carboxylic acid groups (broad SMARTS) is 2. The van der Waals surface area contributed by atoms with Gasteiger partial charge < -0.3 is 11.6 Å². The number of hydrogen-bond acceptors (Lipinski definition) is 2. The first-order chi connectivity index (χ1) is 3.13. The van der Waals surface area contributed by atoms with Gasteiger partial charge in [0.2, 0.25) is 0 Å². The minimum Gasteiger partial charge on any atom is -1.00 e. The molecular weight excluding hydrogens is 233 g/mol. The number of hydrogen-bond donors (Lipinski definition) is 2. The monoisotopic (exact) mass is 238 g/mol. The van der Waals surface area contributed by atoms with Crippen LogP contribution in [0.1, 0.15) is 7.85 Å². The van der Waals surface area contributed by atoms with Crippen molar-refractivity contribution in [2.45, 2.75) is 6.42 Å². The molecule has 2 N–H and O–H groups in total. The van der Waals surface area contributed by atoms with Crippen molar-refractivity contribution in [3.63, 3.8) is 0 Å². The fourth-order valence-electron chi connectivity index (χ4n) is 0.129. The number of carbonyl (C=O) groups is 2. The largest absolute Gasteiger partial charge is 1.00 e. The van der Waals surface area contributed by atoms with Gasteiger partial charge in [-0.3, -0.25) is 9.59 Å². The van der Waals surface area contributed by atoms with Crippen LogP contribution in [0.25, 0.3) is 0 Å². The van der Waals surface area contributed by atoms with Crippen LogP contribution in [0, 0.1) is 0 Å². The van der Waals surface area contributed by atoms with Crippen molar-refractivity contribution < 1.29 is 90.1 Å². The first kappa shape index (κ1) is 11.7. The maximum Gasteiger partial charge on any atom is 1.00 e. The first-order valence-corrected chi connectivity index (χ1v) is 1.56. The van der Waals surface area contributed by atoms with Crippen molar-refractivity contribution in [3.05, 3.63) is 0 Å². The van der Waals surface area contributed by atoms with E-state index in [1.165, 1.54) is 0 Å². The van der Waals surface area contributed by atoms with E-state index >= 15 is 0 Å². The summed E-state index contributed by atoms with van der Waals surface area (Å²) in [5.74, 6) is -2.62. The normalized spacial score (nSPS) is 7.00. The zero-order valence-electron chi connectivity index (χ0n) is 5.42. The van der Waals surface area contributed by atoms with E-state index in [-0.39, 0.29) is 70.3 Å². The second kappa shape index (κ2) is 6.12. The predicted molar refractivity (Wildman–Crippen MR) is 21.0 cm³/mol. The van der Waals surface area contributed by atoms with E-state index in [9.17, 15) is 9.59 Å². The molecule has 0 atom stereocenters. The SMILES string of the molecule is O=C(O)CC(=O)O.[Cs+].[H-]. The standard InChI is InChI=1S/C3H4O4.Cs.H/c4-2(5)1-3(6)7;;/h1H2,(H,4,5)(H,6,7);;/q;+1;-1. The summed E-state index contributed by atoms with van der Waals surface area (Å²) in [6, 6.07) is 0. The maximum absolute atomic E-state index is 9.43. The Bertz CT molecular complexity index is 92.0. The van der Waals surface area contributed by atoms with E-state index in [0.717, 1.165) is 0 Å². The third-order valence-electron chi connectivity index (χ3n) is 0.302. The van der Waals surface area contributed by atoms with Gasteiger partial charge in [-0.1, -0.05) is 0 Å². The Morgan fingerprint density at radius 2 is 1.50 bits per heavy atom. The van der Waals surface area contributed by atoms with Crippen LogP contribution >= 0.6 is 0 Å². The molecule has 0 saturated carbocycles. The molecule has 0 aliphatic rings. The Labute approximate surface area is 106 Å². The Hall–Kier alpha value is 0.992. The second-order valence-electron chi connectivity index (χ2n) is 0.964. The molecule has 0 radical (unpaired) electrons. The predicted octanol–water partition coefficient (Wildman–Crippen LogP) is -3.34. The van der Waals surface area contributed by atoms with Crippen LogP contribution < -0.4 is 68.9 Å². The van der Waals surface area contributed by atoms with Crippen LogP contribution in [0.15, 0.2) is 0 Å². The van der Waals surface area contributed by atoms with Gasteiger partial charge in [0.15, 0.2) is 0 Å². The van der Waals surface area contributed by atoms with Crippen LogP contribution in [0.4, 0.5) is 0 Å². The summed E-state index contributed by atoms with van der Waals surface area (Å²) in [7, 11) is 0. The molecule has 4 nitrogen and oxygen atoms in total. The average molecular weight is 238 g/mol. The summed E-state index contributed by atoms with van der Waals surface area (Å²) >= 11 is 0. The van der Waals surface area contributed by atoms with Crippen molar-refractivity contribution in [2.24, 2.45) is 0 Å². The zero-order chi connectivity index (χ0) is 5.86. The van der Waals surface area contributed by atoms with E-state index in [4.69, 9.17) is 10.2 Å². The van der Waals surface area contributed by atoms with E-state index in [2.05, 4.69) is 0 Å². The molecule has 5 heteroatoms. The van der Waals surface area contributed by atoms with Gasteiger partial charge in [0.05, 0.1) is 0 Å². The second-order valence-corrected chi connectivity index (χ2v) is 0.964. The molecule has 0 spiro atoms. The molecule has 0 rings (SSSR count). The smallest absolute Gasteiger partial charge is 1.00 e. The third kappa shape index (κ3) is 10.1. The van der Waals surface area contributed by atoms with Gasteiger partial charge in [0, 0.05) is 0 Å². The quantitative estimate of drug-likeness (QED) is 0.493. The van der Waals surface area contributed by atoms with Crippen LogP contribution in [0.5, 0.6) is 0 Å². The van der Waals surface area contributed by atoms with Crippen molar-refractivity contribution >= 4 is 11.9 Å². The summed E-state index contributed by atoms with van der Waals surface area (Å²) in [4.78, 5) is 18.9. The van der Waals surface area contributed by atoms with Gasteiger partial charge in [-0.05, 0) is 0 Å². The number of rotatable bonds is 2. The number of aliphatic carboxylic acids is 2. The molecule has 0 bridgehead atoms. The molecule has 0 aliphatic heterocycles. The first-order valence-electron chi connectivity index (χ1n) is 1.56. The Morgan fingerprint density at radius 3 is 1.50 bits per heavy atom. The summed E-state index contributed by atoms with van der Waals surface area (Å²) in [6.07, 6.45) is -0.806. The summed E-state index contributed by atoms with van der Waals surface area (Å²) in [5.41, 5.74) is 0. The van der Waals surface area contributed by atoms with Crippen LogP contribution in [0.3, 0.4) is 0 Å². The van der Waals surface area contributed by atoms with Gasteiger partial charge in [-0.25, -0.2) is 0 Å². The van der Waals surface area contributed by atoms with Crippen molar-refractivity contribution in [2.75, 3.05) is 0 Å². The molecule has 0 unspecified atom stereocenters. The minimum absolute atomic E-state index is 0. The van der Waals surface area contributed by atoms with Gasteiger partial charge in [-0.15, -0.1) is 0 Å². The molecule has 0 amide bonds. The summed E-state index contributed by atoms with van der Waals surface area (Å²) in [6.45, 7) is 0. The van der Waals surface area contributed by atoms with Crippen LogP contribution in [-0.4, -0.2) is 22.2 Å². The fraction of sp³-hybridized carbons (Fsp3) is 0.333. The van der Waals surface area contributed by atoms with Crippen LogP contribution in [-0.2, 0) is 9.59 Å². The van der Waals surface area contributed by atoms with Crippen LogP contribution in [0.2, 0.25) is 0 Å². The summed E-state index contributed by atoms with van der Waals surface area (Å²) < 4.78 is 0. The zero-order valence-corrected chi connectivity index (χ0v) is 10.7. The van der Waals surface area contributed by atoms with E-state index in [1.54, 1.807) is 0 Å². The van der Waals surface area contributed by atoms with Gasteiger partial charge in [0.25, 0.3) is 0 Å². The molecule has 0 aliphatic carbocycles. The minimum atomic E-state index is -1.31. The van der Waals surface area contributed by atoms with Gasteiger partial charge in [0.1, 0.15) is 6.42 Å². The fourth-order valence-corrected chi connectivity index (χ4v) is 0.129. The molecule has 0 aromatic carbocycles. The van der Waals surface area contributed by atoms with Crippen molar-refractivity contribution in [1.29, 1.82) is 0 Å². The van der Waals surface area contributed by atoms with Gasteiger partial charge in [-0.2, -0.15) is 0 Å². The van der Waals surface area contributed by atoms with Crippen molar-refractivity contribution in [1.82, 2.24) is 0 Å². The Balaban J connectivity index is -0.000000180. The van der Waals surface area contributed by atoms with E-state index < -0.39 is 18.4 Å². The van der Waals surface area contributed by atoms with Crippen molar-refractivity contribution in [3.8, 4) is 0 Å². The average Bonchev–Trinajstić information content (AvgIpc) is 1.27. The van der Waals surface area contributed by atoms with E-state index in [1.807, 2.05) is 0 Å². The molecular formula is C3H5CsO4. The Kier molecular flexibility index (Phi) is 8.98. The molecule has 0 fully saturated rings. The molecule has 0 aromatic rings. The third-order valence-corrected chi connectivity index (χ3v) is 0.302. The Morgan fingerprint density at radius 1 is 1.25 bits per heavy atom. The van der Waals surface area contributed by atoms with E-state index in [0.29, 0.717) is 0 Å². The maximum atomic E-state index is 9.43. The molecule has 0 aromatic heterocycles. The molecule has 42 valence electrons. The topological polar surface area (TPSA) is 74.6 Å². The number of carboxylic acids is 2.